The van der Waals surface area contributed by atoms with E-state index in [-0.39, 0.29) is 11.8 Å². The fourth-order valence-corrected chi connectivity index (χ4v) is 0.990. The second-order valence-corrected chi connectivity index (χ2v) is 3.37. The predicted octanol–water partition coefficient (Wildman–Crippen LogP) is -0.142. The van der Waals surface area contributed by atoms with Crippen LogP contribution in [0.25, 0.3) is 0 Å². The SMILES string of the molecule is CCC(CN)CC(=O)NCC(C)O. The number of rotatable bonds is 6. The van der Waals surface area contributed by atoms with Crippen molar-refractivity contribution in [3.63, 3.8) is 0 Å². The molecule has 0 aromatic carbocycles. The molecule has 0 aromatic rings. The minimum absolute atomic E-state index is 0.0294. The highest BCUT2D eigenvalue weighted by molar-refractivity contribution is 5.76. The Morgan fingerprint density at radius 3 is 2.62 bits per heavy atom. The molecule has 0 saturated carbocycles. The van der Waals surface area contributed by atoms with Crippen molar-refractivity contribution in [1.29, 1.82) is 0 Å². The zero-order valence-electron chi connectivity index (χ0n) is 8.42. The smallest absolute Gasteiger partial charge is 0.220 e. The molecule has 0 aliphatic rings. The number of hydrogen-bond acceptors (Lipinski definition) is 3. The quantitative estimate of drug-likeness (QED) is 0.543. The van der Waals surface area contributed by atoms with Crippen LogP contribution in [-0.2, 0) is 4.79 Å². The summed E-state index contributed by atoms with van der Waals surface area (Å²) in [5, 5.41) is 11.5. The van der Waals surface area contributed by atoms with E-state index < -0.39 is 6.10 Å². The molecule has 4 N–H and O–H groups in total. The van der Waals surface area contributed by atoms with Crippen LogP contribution < -0.4 is 11.1 Å². The highest BCUT2D eigenvalue weighted by atomic mass is 16.3. The van der Waals surface area contributed by atoms with Gasteiger partial charge in [-0.05, 0) is 19.4 Å². The summed E-state index contributed by atoms with van der Waals surface area (Å²) in [4.78, 5) is 11.2. The molecule has 4 nitrogen and oxygen atoms in total. The number of aliphatic hydroxyl groups excluding tert-OH is 1. The zero-order chi connectivity index (χ0) is 10.3. The summed E-state index contributed by atoms with van der Waals surface area (Å²) < 4.78 is 0. The predicted molar refractivity (Wildman–Crippen MR) is 52.1 cm³/mol. The van der Waals surface area contributed by atoms with Crippen LogP contribution in [0.1, 0.15) is 26.7 Å². The van der Waals surface area contributed by atoms with Crippen LogP contribution in [0.2, 0.25) is 0 Å². The first-order valence-electron chi connectivity index (χ1n) is 4.75. The van der Waals surface area contributed by atoms with Gasteiger partial charge in [-0.2, -0.15) is 0 Å². The first-order chi connectivity index (χ1) is 6.10. The maximum atomic E-state index is 11.2. The van der Waals surface area contributed by atoms with E-state index >= 15 is 0 Å². The summed E-state index contributed by atoms with van der Waals surface area (Å²) in [5.74, 6) is 0.229. The summed E-state index contributed by atoms with van der Waals surface area (Å²) in [6.45, 7) is 4.51. The van der Waals surface area contributed by atoms with Crippen LogP contribution in [0.4, 0.5) is 0 Å². The Morgan fingerprint density at radius 1 is 1.62 bits per heavy atom. The van der Waals surface area contributed by atoms with Gasteiger partial charge in [-0.3, -0.25) is 4.79 Å². The van der Waals surface area contributed by atoms with Gasteiger partial charge in [0.05, 0.1) is 6.10 Å². The molecule has 0 radical (unpaired) electrons. The molecule has 0 heterocycles. The number of aliphatic hydroxyl groups is 1. The molecule has 0 bridgehead atoms. The normalized spacial score (nSPS) is 15.1. The van der Waals surface area contributed by atoms with Crippen molar-refractivity contribution < 1.29 is 9.90 Å². The van der Waals surface area contributed by atoms with E-state index in [9.17, 15) is 4.79 Å². The van der Waals surface area contributed by atoms with Gasteiger partial charge in [0.25, 0.3) is 0 Å². The largest absolute Gasteiger partial charge is 0.392 e. The van der Waals surface area contributed by atoms with Crippen molar-refractivity contribution in [3.05, 3.63) is 0 Å². The third-order valence-corrected chi connectivity index (χ3v) is 1.98. The molecule has 78 valence electrons. The fourth-order valence-electron chi connectivity index (χ4n) is 0.990. The number of amides is 1. The summed E-state index contributed by atoms with van der Waals surface area (Å²) >= 11 is 0. The van der Waals surface area contributed by atoms with Gasteiger partial charge in [-0.15, -0.1) is 0 Å². The van der Waals surface area contributed by atoms with Crippen LogP contribution in [0.15, 0.2) is 0 Å². The van der Waals surface area contributed by atoms with Gasteiger partial charge < -0.3 is 16.2 Å². The minimum atomic E-state index is -0.484. The van der Waals surface area contributed by atoms with Crippen molar-refractivity contribution in [1.82, 2.24) is 5.32 Å². The van der Waals surface area contributed by atoms with Crippen LogP contribution in [0.5, 0.6) is 0 Å². The molecule has 0 rings (SSSR count). The Kier molecular flexibility index (Phi) is 6.54. The van der Waals surface area contributed by atoms with E-state index in [0.717, 1.165) is 6.42 Å². The Balaban J connectivity index is 3.60. The standard InChI is InChI=1S/C9H20N2O2/c1-3-8(5-10)4-9(13)11-6-7(2)12/h7-8,12H,3-6,10H2,1-2H3,(H,11,13). The average molecular weight is 188 g/mol. The topological polar surface area (TPSA) is 75.4 Å². The molecule has 2 unspecified atom stereocenters. The molecule has 1 amide bonds. The lowest BCUT2D eigenvalue weighted by atomic mass is 10.0. The summed E-state index contributed by atoms with van der Waals surface area (Å²) in [7, 11) is 0. The Hall–Kier alpha value is -0.610. The van der Waals surface area contributed by atoms with Crippen molar-refractivity contribution in [2.75, 3.05) is 13.1 Å². The van der Waals surface area contributed by atoms with E-state index in [4.69, 9.17) is 10.8 Å². The summed E-state index contributed by atoms with van der Waals surface area (Å²) in [6.07, 6.45) is 0.889. The monoisotopic (exact) mass is 188 g/mol. The Bertz CT molecular complexity index is 145. The molecular weight excluding hydrogens is 168 g/mol. The first-order valence-corrected chi connectivity index (χ1v) is 4.75. The molecule has 2 atom stereocenters. The second kappa shape index (κ2) is 6.86. The van der Waals surface area contributed by atoms with Gasteiger partial charge in [0.15, 0.2) is 0 Å². The molecule has 0 aliphatic heterocycles. The molecule has 0 fully saturated rings. The lowest BCUT2D eigenvalue weighted by Gasteiger charge is -2.12. The van der Waals surface area contributed by atoms with E-state index in [1.807, 2.05) is 6.92 Å². The molecule has 0 aliphatic carbocycles. The highest BCUT2D eigenvalue weighted by Crippen LogP contribution is 2.04. The minimum Gasteiger partial charge on any atom is -0.392 e. The van der Waals surface area contributed by atoms with Crippen molar-refractivity contribution in [3.8, 4) is 0 Å². The molecule has 0 saturated heterocycles. The lowest BCUT2D eigenvalue weighted by molar-refractivity contribution is -0.122. The summed E-state index contributed by atoms with van der Waals surface area (Å²) in [6, 6.07) is 0. The third-order valence-electron chi connectivity index (χ3n) is 1.98. The van der Waals surface area contributed by atoms with Gasteiger partial charge in [-0.1, -0.05) is 13.3 Å². The molecule has 13 heavy (non-hydrogen) atoms. The van der Waals surface area contributed by atoms with Gasteiger partial charge in [-0.25, -0.2) is 0 Å². The van der Waals surface area contributed by atoms with Gasteiger partial charge in [0.2, 0.25) is 5.91 Å². The maximum Gasteiger partial charge on any atom is 0.220 e. The van der Waals surface area contributed by atoms with Crippen molar-refractivity contribution in [2.24, 2.45) is 11.7 Å². The highest BCUT2D eigenvalue weighted by Gasteiger charge is 2.10. The molecule has 0 spiro atoms. The number of nitrogens with two attached hydrogens (primary N) is 1. The Labute approximate surface area is 79.5 Å². The molecular formula is C9H20N2O2. The van der Waals surface area contributed by atoms with E-state index in [1.165, 1.54) is 0 Å². The van der Waals surface area contributed by atoms with Crippen LogP contribution in [0.3, 0.4) is 0 Å². The average Bonchev–Trinajstić information content (AvgIpc) is 2.10. The summed E-state index contributed by atoms with van der Waals surface area (Å²) in [5.41, 5.74) is 5.46. The maximum absolute atomic E-state index is 11.2. The number of nitrogens with one attached hydrogen (secondary N) is 1. The molecule has 4 heteroatoms. The Morgan fingerprint density at radius 2 is 2.23 bits per heavy atom. The number of carbonyl (C=O) groups is 1. The first kappa shape index (κ1) is 12.4. The van der Waals surface area contributed by atoms with E-state index in [2.05, 4.69) is 5.32 Å². The second-order valence-electron chi connectivity index (χ2n) is 3.37. The van der Waals surface area contributed by atoms with Gasteiger partial charge >= 0.3 is 0 Å². The zero-order valence-corrected chi connectivity index (χ0v) is 8.42. The van der Waals surface area contributed by atoms with E-state index in [1.54, 1.807) is 6.92 Å². The fraction of sp³-hybridized carbons (Fsp3) is 0.889. The van der Waals surface area contributed by atoms with Crippen LogP contribution >= 0.6 is 0 Å². The van der Waals surface area contributed by atoms with Gasteiger partial charge in [0, 0.05) is 13.0 Å². The number of hydrogen-bond donors (Lipinski definition) is 3. The van der Waals surface area contributed by atoms with Crippen LogP contribution in [-0.4, -0.2) is 30.2 Å². The van der Waals surface area contributed by atoms with Crippen molar-refractivity contribution in [2.45, 2.75) is 32.8 Å². The third kappa shape index (κ3) is 6.54. The number of carbonyl (C=O) groups excluding carboxylic acids is 1. The molecule has 0 aromatic heterocycles. The lowest BCUT2D eigenvalue weighted by Crippen LogP contribution is -2.32. The van der Waals surface area contributed by atoms with Crippen molar-refractivity contribution >= 4 is 5.91 Å². The van der Waals surface area contributed by atoms with Crippen LogP contribution in [0, 0.1) is 5.92 Å². The van der Waals surface area contributed by atoms with E-state index in [0.29, 0.717) is 19.5 Å². The van der Waals surface area contributed by atoms with Gasteiger partial charge in [0.1, 0.15) is 0 Å².